The zero-order valence-corrected chi connectivity index (χ0v) is 25.4. The summed E-state index contributed by atoms with van der Waals surface area (Å²) < 4.78 is 5.98. The Kier molecular flexibility index (Phi) is 10.2. The summed E-state index contributed by atoms with van der Waals surface area (Å²) in [6.45, 7) is 14.3. The largest absolute Gasteiger partial charge is 0.459 e. The van der Waals surface area contributed by atoms with E-state index in [1.807, 2.05) is 58.2 Å². The molecule has 0 aliphatic carbocycles. The molecule has 0 bridgehead atoms. The van der Waals surface area contributed by atoms with Gasteiger partial charge in [-0.2, -0.15) is 0 Å². The highest BCUT2D eigenvalue weighted by atomic mass is 16.6. The number of aryl methyl sites for hydroxylation is 1. The molecular formula is C33H49NO6. The Labute approximate surface area is 239 Å². The van der Waals surface area contributed by atoms with E-state index in [4.69, 9.17) is 4.74 Å². The summed E-state index contributed by atoms with van der Waals surface area (Å²) in [5.41, 5.74) is -1.07. The number of ether oxygens (including phenoxy) is 1. The average Bonchev–Trinajstić information content (AvgIpc) is 2.92. The fourth-order valence-electron chi connectivity index (χ4n) is 6.36. The van der Waals surface area contributed by atoms with E-state index in [2.05, 4.69) is 11.1 Å². The Hall–Kier alpha value is -2.35. The Morgan fingerprint density at radius 3 is 2.30 bits per heavy atom. The number of rotatable bonds is 4. The van der Waals surface area contributed by atoms with Crippen molar-refractivity contribution in [3.63, 3.8) is 0 Å². The third-order valence-corrected chi connectivity index (χ3v) is 9.97. The first-order valence-corrected chi connectivity index (χ1v) is 14.8. The number of carbonyl (C=O) groups excluding carboxylic acids is 2. The number of Topliss-reactive ketones (excluding diaryl/α,β-unsaturated/α-hetero) is 1. The van der Waals surface area contributed by atoms with Crippen molar-refractivity contribution >= 4 is 22.7 Å². The van der Waals surface area contributed by atoms with Gasteiger partial charge in [-0.25, -0.2) is 0 Å². The summed E-state index contributed by atoms with van der Waals surface area (Å²) in [7, 11) is 0. The van der Waals surface area contributed by atoms with Crippen LogP contribution in [0.4, 0.5) is 0 Å². The molecule has 2 aromatic rings. The summed E-state index contributed by atoms with van der Waals surface area (Å²) in [6, 6.07) is 9.96. The van der Waals surface area contributed by atoms with Crippen molar-refractivity contribution in [3.05, 3.63) is 42.1 Å². The standard InChI is InChI=1S/C33H49NO6/c1-19-17-32(7,38)24(6)21(3)20(2)22(4)31(37)40-28(33(8,39)30(36)23(5)29(19)35)15-11-12-25-16-26-13-9-10-14-27(26)34-18-25/h9-10,13-14,16,18-24,28,30,36,38-39H,11-12,15,17H2,1-8H3. The number of hydrogen-bond donors (Lipinski definition) is 3. The minimum Gasteiger partial charge on any atom is -0.459 e. The first-order chi connectivity index (χ1) is 18.6. The van der Waals surface area contributed by atoms with Gasteiger partial charge >= 0.3 is 5.97 Å². The van der Waals surface area contributed by atoms with Crippen molar-refractivity contribution in [3.8, 4) is 0 Å². The van der Waals surface area contributed by atoms with Crippen LogP contribution in [-0.2, 0) is 20.7 Å². The molecule has 40 heavy (non-hydrogen) atoms. The molecule has 7 nitrogen and oxygen atoms in total. The van der Waals surface area contributed by atoms with Gasteiger partial charge in [-0.15, -0.1) is 0 Å². The second kappa shape index (κ2) is 12.7. The molecular weight excluding hydrogens is 506 g/mol. The Balaban J connectivity index is 1.89. The smallest absolute Gasteiger partial charge is 0.309 e. The van der Waals surface area contributed by atoms with Gasteiger partial charge < -0.3 is 20.1 Å². The van der Waals surface area contributed by atoms with E-state index in [-0.39, 0.29) is 30.0 Å². The molecule has 2 heterocycles. The quantitative estimate of drug-likeness (QED) is 0.448. The lowest BCUT2D eigenvalue weighted by molar-refractivity contribution is -0.192. The number of aromatic nitrogens is 1. The van der Waals surface area contributed by atoms with Crippen LogP contribution in [0.25, 0.3) is 10.9 Å². The third kappa shape index (κ3) is 6.92. The number of hydrogen-bond acceptors (Lipinski definition) is 7. The molecule has 1 aromatic carbocycles. The van der Waals surface area contributed by atoms with Crippen LogP contribution < -0.4 is 0 Å². The van der Waals surface area contributed by atoms with Crippen LogP contribution in [-0.4, -0.2) is 55.5 Å². The van der Waals surface area contributed by atoms with Crippen LogP contribution >= 0.6 is 0 Å². The van der Waals surface area contributed by atoms with Gasteiger partial charge in [-0.1, -0.05) is 59.7 Å². The third-order valence-electron chi connectivity index (χ3n) is 9.97. The number of carbonyl (C=O) groups is 2. The first kappa shape index (κ1) is 32.2. The monoisotopic (exact) mass is 555 g/mol. The minimum atomic E-state index is -1.86. The van der Waals surface area contributed by atoms with Crippen molar-refractivity contribution in [2.45, 2.75) is 104 Å². The number of cyclic esters (lactones) is 1. The number of aliphatic hydroxyl groups is 3. The van der Waals surface area contributed by atoms with E-state index in [0.29, 0.717) is 19.3 Å². The predicted molar refractivity (Wildman–Crippen MR) is 156 cm³/mol. The van der Waals surface area contributed by atoms with Crippen LogP contribution in [0.1, 0.15) is 80.2 Å². The molecule has 3 rings (SSSR count). The number of aliphatic hydroxyl groups excluding tert-OH is 1. The second-order valence-corrected chi connectivity index (χ2v) is 13.0. The van der Waals surface area contributed by atoms with Gasteiger partial charge in [0.15, 0.2) is 0 Å². The van der Waals surface area contributed by atoms with Gasteiger partial charge in [0.1, 0.15) is 17.5 Å². The second-order valence-electron chi connectivity index (χ2n) is 13.0. The van der Waals surface area contributed by atoms with Gasteiger partial charge in [0.25, 0.3) is 0 Å². The maximum absolute atomic E-state index is 13.4. The highest BCUT2D eigenvalue weighted by molar-refractivity contribution is 5.83. The molecule has 1 fully saturated rings. The summed E-state index contributed by atoms with van der Waals surface area (Å²) in [5.74, 6) is -2.98. The van der Waals surface area contributed by atoms with E-state index < -0.39 is 47.1 Å². The lowest BCUT2D eigenvalue weighted by Gasteiger charge is -2.43. The van der Waals surface area contributed by atoms with Crippen molar-refractivity contribution in [1.29, 1.82) is 0 Å². The van der Waals surface area contributed by atoms with Crippen molar-refractivity contribution in [2.75, 3.05) is 0 Å². The average molecular weight is 556 g/mol. The van der Waals surface area contributed by atoms with Gasteiger partial charge in [-0.3, -0.25) is 14.6 Å². The number of nitrogens with zero attached hydrogens (tertiary/aromatic N) is 1. The van der Waals surface area contributed by atoms with E-state index >= 15 is 0 Å². The molecule has 1 aromatic heterocycles. The summed E-state index contributed by atoms with van der Waals surface area (Å²) in [4.78, 5) is 31.3. The van der Waals surface area contributed by atoms with Crippen LogP contribution in [0, 0.1) is 35.5 Å². The molecule has 0 saturated carbocycles. The summed E-state index contributed by atoms with van der Waals surface area (Å²) >= 11 is 0. The molecule has 10 atom stereocenters. The predicted octanol–water partition coefficient (Wildman–Crippen LogP) is 5.12. The maximum Gasteiger partial charge on any atom is 0.309 e. The molecule has 10 unspecified atom stereocenters. The van der Waals surface area contributed by atoms with Crippen molar-refractivity contribution < 1.29 is 29.6 Å². The number of esters is 1. The number of pyridine rings is 1. The molecule has 0 spiro atoms. The molecule has 222 valence electrons. The molecule has 1 aliphatic rings. The van der Waals surface area contributed by atoms with Crippen LogP contribution in [0.3, 0.4) is 0 Å². The summed E-state index contributed by atoms with van der Waals surface area (Å²) in [5, 5.41) is 35.3. The zero-order chi connectivity index (χ0) is 30.0. The van der Waals surface area contributed by atoms with Crippen molar-refractivity contribution in [2.24, 2.45) is 35.5 Å². The summed E-state index contributed by atoms with van der Waals surface area (Å²) in [6.07, 6.45) is 1.13. The SMILES string of the molecule is CC1CC(C)(O)C(C)C(C)C(C)C(C)C(=O)OC(CCCc2cnc3ccccc3c2)C(C)(O)C(O)C(C)C1=O. The Bertz CT molecular complexity index is 1180. The lowest BCUT2D eigenvalue weighted by atomic mass is 9.68. The fraction of sp³-hybridized carbons (Fsp3) is 0.667. The highest BCUT2D eigenvalue weighted by Gasteiger charge is 2.48. The van der Waals surface area contributed by atoms with Gasteiger partial charge in [0.05, 0.1) is 23.1 Å². The lowest BCUT2D eigenvalue weighted by Crippen LogP contribution is -2.56. The van der Waals surface area contributed by atoms with E-state index in [1.54, 1.807) is 20.8 Å². The van der Waals surface area contributed by atoms with Crippen LogP contribution in [0.15, 0.2) is 36.5 Å². The van der Waals surface area contributed by atoms with Gasteiger partial charge in [0, 0.05) is 23.4 Å². The fourth-order valence-corrected chi connectivity index (χ4v) is 6.36. The Morgan fingerprint density at radius 2 is 1.62 bits per heavy atom. The number of para-hydroxylation sites is 1. The van der Waals surface area contributed by atoms with Crippen LogP contribution in [0.5, 0.6) is 0 Å². The number of ketones is 1. The van der Waals surface area contributed by atoms with Gasteiger partial charge in [0.2, 0.25) is 0 Å². The van der Waals surface area contributed by atoms with Gasteiger partial charge in [-0.05, 0) is 75.0 Å². The molecule has 1 saturated heterocycles. The number of benzene rings is 1. The topological polar surface area (TPSA) is 117 Å². The normalized spacial score (nSPS) is 38.6. The maximum atomic E-state index is 13.4. The molecule has 0 radical (unpaired) electrons. The van der Waals surface area contributed by atoms with Crippen LogP contribution in [0.2, 0.25) is 0 Å². The first-order valence-electron chi connectivity index (χ1n) is 14.8. The number of fused-ring (bicyclic) bond motifs is 1. The van der Waals surface area contributed by atoms with E-state index in [1.165, 1.54) is 6.92 Å². The molecule has 3 N–H and O–H groups in total. The van der Waals surface area contributed by atoms with Crippen molar-refractivity contribution in [1.82, 2.24) is 4.98 Å². The minimum absolute atomic E-state index is 0.0369. The highest BCUT2D eigenvalue weighted by Crippen LogP contribution is 2.39. The van der Waals surface area contributed by atoms with E-state index in [0.717, 1.165) is 16.5 Å². The molecule has 7 heteroatoms. The molecule has 0 amide bonds. The zero-order valence-electron chi connectivity index (χ0n) is 25.4. The Morgan fingerprint density at radius 1 is 0.975 bits per heavy atom. The molecule has 1 aliphatic heterocycles. The van der Waals surface area contributed by atoms with E-state index in [9.17, 15) is 24.9 Å².